The third-order valence-corrected chi connectivity index (χ3v) is 2.14. The first kappa shape index (κ1) is 8.55. The van der Waals surface area contributed by atoms with Crippen LogP contribution in [0.2, 0.25) is 0 Å². The van der Waals surface area contributed by atoms with E-state index in [-0.39, 0.29) is 11.1 Å². The van der Waals surface area contributed by atoms with Crippen LogP contribution >= 0.6 is 0 Å². The third-order valence-electron chi connectivity index (χ3n) is 2.14. The molecule has 5 nitrogen and oxygen atoms in total. The number of carboxylic acid groups (broad SMARTS) is 2. The number of rotatable bonds is 2. The number of fused-ring (bicyclic) bond motifs is 1. The lowest BCUT2D eigenvalue weighted by Crippen LogP contribution is -2.05. The lowest BCUT2D eigenvalue weighted by atomic mass is 10.1. The molecule has 0 atom stereocenters. The van der Waals surface area contributed by atoms with Gasteiger partial charge in [-0.25, -0.2) is 9.59 Å². The van der Waals surface area contributed by atoms with Crippen molar-refractivity contribution in [1.82, 2.24) is 4.57 Å². The molecule has 5 heteroatoms. The molecule has 1 aromatic heterocycles. The van der Waals surface area contributed by atoms with Gasteiger partial charge in [0.05, 0.1) is 16.8 Å². The Morgan fingerprint density at radius 3 is 2.57 bits per heavy atom. The fourth-order valence-electron chi connectivity index (χ4n) is 1.57. The Labute approximate surface area is 78.9 Å². The SMILES string of the molecule is O=C(O)c1cn2c(c1C(=O)O)C=CC2. The van der Waals surface area contributed by atoms with Gasteiger partial charge >= 0.3 is 11.9 Å². The van der Waals surface area contributed by atoms with E-state index in [2.05, 4.69) is 0 Å². The summed E-state index contributed by atoms with van der Waals surface area (Å²) in [5.74, 6) is -2.42. The molecule has 0 saturated carbocycles. The zero-order chi connectivity index (χ0) is 10.3. The molecule has 72 valence electrons. The molecule has 1 aromatic rings. The van der Waals surface area contributed by atoms with Crippen molar-refractivity contribution >= 4 is 18.0 Å². The highest BCUT2D eigenvalue weighted by molar-refractivity contribution is 6.04. The molecule has 2 N–H and O–H groups in total. The zero-order valence-electron chi connectivity index (χ0n) is 7.10. The van der Waals surface area contributed by atoms with Crippen molar-refractivity contribution in [3.63, 3.8) is 0 Å². The summed E-state index contributed by atoms with van der Waals surface area (Å²) in [5.41, 5.74) is 0.165. The van der Waals surface area contributed by atoms with E-state index >= 15 is 0 Å². The number of carbonyl (C=O) groups is 2. The predicted molar refractivity (Wildman–Crippen MR) is 47.4 cm³/mol. The summed E-state index contributed by atoms with van der Waals surface area (Å²) >= 11 is 0. The molecule has 0 aromatic carbocycles. The van der Waals surface area contributed by atoms with Gasteiger partial charge in [0.25, 0.3) is 0 Å². The van der Waals surface area contributed by atoms with E-state index in [0.29, 0.717) is 12.2 Å². The number of nitrogens with zero attached hydrogens (tertiary/aromatic N) is 1. The van der Waals surface area contributed by atoms with E-state index in [9.17, 15) is 9.59 Å². The Morgan fingerprint density at radius 2 is 2.00 bits per heavy atom. The molecule has 0 saturated heterocycles. The summed E-state index contributed by atoms with van der Waals surface area (Å²) in [6.45, 7) is 0.531. The van der Waals surface area contributed by atoms with Crippen LogP contribution in [0, 0.1) is 0 Å². The van der Waals surface area contributed by atoms with Gasteiger partial charge in [0, 0.05) is 12.7 Å². The van der Waals surface area contributed by atoms with Gasteiger partial charge < -0.3 is 14.8 Å². The molecule has 0 spiro atoms. The standard InChI is InChI=1S/C9H7NO4/c11-8(12)5-4-10-3-1-2-6(10)7(5)9(13)14/h1-2,4H,3H2,(H,11,12)(H,13,14). The summed E-state index contributed by atoms with van der Waals surface area (Å²) in [5, 5.41) is 17.6. The molecule has 0 radical (unpaired) electrons. The van der Waals surface area contributed by atoms with Crippen LogP contribution in [0.5, 0.6) is 0 Å². The van der Waals surface area contributed by atoms with Crippen LogP contribution in [0.4, 0.5) is 0 Å². The Balaban J connectivity index is 2.68. The molecule has 14 heavy (non-hydrogen) atoms. The Hall–Kier alpha value is -2.04. The summed E-state index contributed by atoms with van der Waals surface area (Å²) in [4.78, 5) is 21.6. The highest BCUT2D eigenvalue weighted by Crippen LogP contribution is 2.23. The number of carboxylic acids is 2. The van der Waals surface area contributed by atoms with E-state index in [4.69, 9.17) is 10.2 Å². The van der Waals surface area contributed by atoms with Crippen molar-refractivity contribution in [2.24, 2.45) is 0 Å². The maximum absolute atomic E-state index is 10.8. The minimum Gasteiger partial charge on any atom is -0.478 e. The summed E-state index contributed by atoms with van der Waals surface area (Å²) in [6.07, 6.45) is 4.75. The third kappa shape index (κ3) is 1.02. The Bertz CT molecular complexity index is 456. The average Bonchev–Trinajstić information content (AvgIpc) is 2.58. The fourth-order valence-corrected chi connectivity index (χ4v) is 1.57. The summed E-state index contributed by atoms with van der Waals surface area (Å²) in [6, 6.07) is 0. The van der Waals surface area contributed by atoms with Gasteiger partial charge in [-0.05, 0) is 6.08 Å². The molecule has 1 aliphatic rings. The molecule has 1 aliphatic heterocycles. The van der Waals surface area contributed by atoms with Crippen LogP contribution in [0.3, 0.4) is 0 Å². The Kier molecular flexibility index (Phi) is 1.67. The monoisotopic (exact) mass is 193 g/mol. The zero-order valence-corrected chi connectivity index (χ0v) is 7.10. The second kappa shape index (κ2) is 2.73. The molecule has 0 bridgehead atoms. The van der Waals surface area contributed by atoms with Crippen LogP contribution in [0.1, 0.15) is 26.4 Å². The van der Waals surface area contributed by atoms with Gasteiger partial charge in [-0.15, -0.1) is 0 Å². The van der Waals surface area contributed by atoms with Crippen LogP contribution in [-0.4, -0.2) is 26.7 Å². The average molecular weight is 193 g/mol. The van der Waals surface area contributed by atoms with Gasteiger partial charge in [-0.1, -0.05) is 6.08 Å². The number of allylic oxidation sites excluding steroid dienone is 1. The van der Waals surface area contributed by atoms with E-state index < -0.39 is 11.9 Å². The number of hydrogen-bond donors (Lipinski definition) is 2. The van der Waals surface area contributed by atoms with Gasteiger partial charge in [0.1, 0.15) is 0 Å². The van der Waals surface area contributed by atoms with Crippen LogP contribution in [-0.2, 0) is 6.54 Å². The highest BCUT2D eigenvalue weighted by Gasteiger charge is 2.25. The quantitative estimate of drug-likeness (QED) is 0.731. The minimum atomic E-state index is -1.21. The smallest absolute Gasteiger partial charge is 0.338 e. The predicted octanol–water partition coefficient (Wildman–Crippen LogP) is 0.911. The number of aromatic carboxylic acids is 2. The van der Waals surface area contributed by atoms with Gasteiger partial charge in [-0.3, -0.25) is 0 Å². The van der Waals surface area contributed by atoms with E-state index in [1.165, 1.54) is 6.20 Å². The second-order valence-electron chi connectivity index (χ2n) is 2.97. The van der Waals surface area contributed by atoms with E-state index in [1.807, 2.05) is 0 Å². The van der Waals surface area contributed by atoms with Gasteiger partial charge in [-0.2, -0.15) is 0 Å². The van der Waals surface area contributed by atoms with Crippen molar-refractivity contribution in [2.45, 2.75) is 6.54 Å². The van der Waals surface area contributed by atoms with Crippen LogP contribution < -0.4 is 0 Å². The van der Waals surface area contributed by atoms with Crippen LogP contribution in [0.15, 0.2) is 12.3 Å². The van der Waals surface area contributed by atoms with Crippen molar-refractivity contribution in [3.8, 4) is 0 Å². The van der Waals surface area contributed by atoms with Crippen LogP contribution in [0.25, 0.3) is 6.08 Å². The maximum atomic E-state index is 10.8. The molecule has 0 fully saturated rings. The van der Waals surface area contributed by atoms with Crippen molar-refractivity contribution < 1.29 is 19.8 Å². The topological polar surface area (TPSA) is 79.5 Å². The lowest BCUT2D eigenvalue weighted by Gasteiger charge is -1.95. The summed E-state index contributed by atoms with van der Waals surface area (Å²) in [7, 11) is 0. The van der Waals surface area contributed by atoms with Crippen molar-refractivity contribution in [1.29, 1.82) is 0 Å². The Morgan fingerprint density at radius 1 is 1.29 bits per heavy atom. The molecular weight excluding hydrogens is 186 g/mol. The molecule has 2 heterocycles. The normalized spacial score (nSPS) is 12.9. The summed E-state index contributed by atoms with van der Waals surface area (Å²) < 4.78 is 1.60. The second-order valence-corrected chi connectivity index (χ2v) is 2.97. The van der Waals surface area contributed by atoms with E-state index in [0.717, 1.165) is 0 Å². The van der Waals surface area contributed by atoms with Crippen molar-refractivity contribution in [3.05, 3.63) is 29.1 Å². The molecule has 0 unspecified atom stereocenters. The molecule has 2 rings (SSSR count). The molecule has 0 aliphatic carbocycles. The first-order valence-corrected chi connectivity index (χ1v) is 3.97. The minimum absolute atomic E-state index is 0.133. The first-order chi connectivity index (χ1) is 6.61. The fraction of sp³-hybridized carbons (Fsp3) is 0.111. The lowest BCUT2D eigenvalue weighted by molar-refractivity contribution is 0.0652. The number of aromatic nitrogens is 1. The van der Waals surface area contributed by atoms with E-state index in [1.54, 1.807) is 16.7 Å². The number of hydrogen-bond acceptors (Lipinski definition) is 2. The highest BCUT2D eigenvalue weighted by atomic mass is 16.4. The first-order valence-electron chi connectivity index (χ1n) is 3.97. The largest absolute Gasteiger partial charge is 0.478 e. The maximum Gasteiger partial charge on any atom is 0.338 e. The van der Waals surface area contributed by atoms with Gasteiger partial charge in [0.2, 0.25) is 0 Å². The molecular formula is C9H7NO4. The van der Waals surface area contributed by atoms with Gasteiger partial charge in [0.15, 0.2) is 0 Å². The molecule has 0 amide bonds. The van der Waals surface area contributed by atoms with Crippen molar-refractivity contribution in [2.75, 3.05) is 0 Å².